The standard InChI is InChI=1S/C10H13BrN4/c1-13-6-5-9-14-10(11)7-3-2-4-8(12)15(7)9/h2-4,13H,5-6,12H2,1H3. The van der Waals surface area contributed by atoms with Crippen LogP contribution in [0.2, 0.25) is 0 Å². The molecule has 0 aliphatic heterocycles. The zero-order valence-corrected chi connectivity index (χ0v) is 10.1. The number of nitrogens with two attached hydrogens (primary N) is 1. The number of rotatable bonds is 3. The molecule has 80 valence electrons. The minimum absolute atomic E-state index is 0.719. The number of pyridine rings is 1. The SMILES string of the molecule is CNCCc1nc(Br)c2cccc(N)n12. The Morgan fingerprint density at radius 3 is 3.07 bits per heavy atom. The summed E-state index contributed by atoms with van der Waals surface area (Å²) < 4.78 is 2.82. The van der Waals surface area contributed by atoms with Gasteiger partial charge >= 0.3 is 0 Å². The summed E-state index contributed by atoms with van der Waals surface area (Å²) in [6, 6.07) is 5.80. The minimum atomic E-state index is 0.719. The summed E-state index contributed by atoms with van der Waals surface area (Å²) in [5.41, 5.74) is 6.94. The highest BCUT2D eigenvalue weighted by atomic mass is 79.9. The third kappa shape index (κ3) is 1.85. The van der Waals surface area contributed by atoms with Gasteiger partial charge in [-0.05, 0) is 35.1 Å². The lowest BCUT2D eigenvalue weighted by molar-refractivity contribution is 0.754. The molecule has 0 aliphatic rings. The Hall–Kier alpha value is -1.07. The van der Waals surface area contributed by atoms with Gasteiger partial charge in [-0.2, -0.15) is 0 Å². The first-order chi connectivity index (χ1) is 7.24. The Balaban J connectivity index is 2.54. The van der Waals surface area contributed by atoms with Crippen molar-refractivity contribution in [2.24, 2.45) is 0 Å². The number of nitrogens with one attached hydrogen (secondary N) is 1. The molecule has 0 aromatic carbocycles. The Bertz CT molecular complexity index is 477. The number of hydrogen-bond acceptors (Lipinski definition) is 3. The van der Waals surface area contributed by atoms with Crippen molar-refractivity contribution >= 4 is 27.3 Å². The number of likely N-dealkylation sites (N-methyl/N-ethyl adjacent to an activating group) is 1. The maximum Gasteiger partial charge on any atom is 0.132 e. The minimum Gasteiger partial charge on any atom is -0.385 e. The Morgan fingerprint density at radius 1 is 1.53 bits per heavy atom. The average molecular weight is 269 g/mol. The summed E-state index contributed by atoms with van der Waals surface area (Å²) in [7, 11) is 1.92. The highest BCUT2D eigenvalue weighted by Gasteiger charge is 2.09. The number of aromatic nitrogens is 2. The zero-order valence-electron chi connectivity index (χ0n) is 8.50. The summed E-state index contributed by atoms with van der Waals surface area (Å²) in [5, 5.41) is 3.10. The third-order valence-corrected chi connectivity index (χ3v) is 2.90. The van der Waals surface area contributed by atoms with Gasteiger partial charge < -0.3 is 11.1 Å². The topological polar surface area (TPSA) is 55.3 Å². The van der Waals surface area contributed by atoms with Crippen LogP contribution in [0.1, 0.15) is 5.82 Å². The molecule has 0 bridgehead atoms. The fraction of sp³-hybridized carbons (Fsp3) is 0.300. The number of nitrogens with zero attached hydrogens (tertiary/aromatic N) is 2. The molecular weight excluding hydrogens is 256 g/mol. The van der Waals surface area contributed by atoms with Crippen molar-refractivity contribution < 1.29 is 0 Å². The van der Waals surface area contributed by atoms with E-state index in [0.717, 1.165) is 34.7 Å². The van der Waals surface area contributed by atoms with Crippen molar-refractivity contribution in [1.82, 2.24) is 14.7 Å². The number of fused-ring (bicyclic) bond motifs is 1. The quantitative estimate of drug-likeness (QED) is 0.886. The van der Waals surface area contributed by atoms with E-state index in [9.17, 15) is 0 Å². The number of nitrogen functional groups attached to an aromatic ring is 1. The normalized spacial score (nSPS) is 11.1. The van der Waals surface area contributed by atoms with Crippen LogP contribution in [0.5, 0.6) is 0 Å². The van der Waals surface area contributed by atoms with Crippen LogP contribution in [0.4, 0.5) is 5.82 Å². The van der Waals surface area contributed by atoms with E-state index < -0.39 is 0 Å². The van der Waals surface area contributed by atoms with Gasteiger partial charge in [-0.3, -0.25) is 4.40 Å². The molecule has 0 atom stereocenters. The maximum absolute atomic E-state index is 5.92. The van der Waals surface area contributed by atoms with Crippen LogP contribution >= 0.6 is 15.9 Å². The van der Waals surface area contributed by atoms with Crippen molar-refractivity contribution in [3.05, 3.63) is 28.6 Å². The first-order valence-corrected chi connectivity index (χ1v) is 5.59. The van der Waals surface area contributed by atoms with Gasteiger partial charge in [0.25, 0.3) is 0 Å². The monoisotopic (exact) mass is 268 g/mol. The number of imidazole rings is 1. The molecule has 0 aliphatic carbocycles. The Labute approximate surface area is 96.6 Å². The molecule has 2 rings (SSSR count). The Kier molecular flexibility index (Phi) is 2.93. The lowest BCUT2D eigenvalue weighted by Crippen LogP contribution is -2.13. The van der Waals surface area contributed by atoms with E-state index in [-0.39, 0.29) is 0 Å². The van der Waals surface area contributed by atoms with Crippen LogP contribution in [-0.4, -0.2) is 23.0 Å². The molecule has 2 aromatic heterocycles. The second kappa shape index (κ2) is 4.20. The first-order valence-electron chi connectivity index (χ1n) is 4.80. The van der Waals surface area contributed by atoms with Crippen LogP contribution in [0, 0.1) is 0 Å². The van der Waals surface area contributed by atoms with Crippen LogP contribution in [0.25, 0.3) is 5.52 Å². The van der Waals surface area contributed by atoms with Gasteiger partial charge in [-0.15, -0.1) is 0 Å². The van der Waals surface area contributed by atoms with Crippen molar-refractivity contribution in [3.63, 3.8) is 0 Å². The van der Waals surface area contributed by atoms with E-state index in [1.54, 1.807) is 0 Å². The van der Waals surface area contributed by atoms with Gasteiger partial charge in [0.2, 0.25) is 0 Å². The summed E-state index contributed by atoms with van der Waals surface area (Å²) in [5.74, 6) is 1.70. The molecule has 0 fully saturated rings. The molecule has 4 nitrogen and oxygen atoms in total. The average Bonchev–Trinajstić information content (AvgIpc) is 2.55. The molecule has 0 amide bonds. The number of anilines is 1. The summed E-state index contributed by atoms with van der Waals surface area (Å²) in [6.07, 6.45) is 0.859. The van der Waals surface area contributed by atoms with Gasteiger partial charge in [0.1, 0.15) is 16.2 Å². The van der Waals surface area contributed by atoms with Crippen LogP contribution < -0.4 is 11.1 Å². The van der Waals surface area contributed by atoms with Crippen molar-refractivity contribution in [2.45, 2.75) is 6.42 Å². The van der Waals surface area contributed by atoms with Gasteiger partial charge in [0.05, 0.1) is 5.52 Å². The smallest absolute Gasteiger partial charge is 0.132 e. The molecule has 2 aromatic rings. The van der Waals surface area contributed by atoms with Crippen molar-refractivity contribution in [3.8, 4) is 0 Å². The lowest BCUT2D eigenvalue weighted by atomic mass is 10.3. The molecule has 5 heteroatoms. The predicted octanol–water partition coefficient (Wildman–Crippen LogP) is 1.44. The third-order valence-electron chi connectivity index (χ3n) is 2.32. The van der Waals surface area contributed by atoms with Crippen molar-refractivity contribution in [1.29, 1.82) is 0 Å². The molecule has 0 radical (unpaired) electrons. The van der Waals surface area contributed by atoms with E-state index in [4.69, 9.17) is 5.73 Å². The fourth-order valence-corrected chi connectivity index (χ4v) is 2.11. The second-order valence-electron chi connectivity index (χ2n) is 3.34. The molecule has 0 unspecified atom stereocenters. The van der Waals surface area contributed by atoms with E-state index in [1.807, 2.05) is 29.6 Å². The van der Waals surface area contributed by atoms with E-state index in [2.05, 4.69) is 26.2 Å². The largest absolute Gasteiger partial charge is 0.385 e. The molecule has 0 saturated heterocycles. The zero-order chi connectivity index (χ0) is 10.8. The summed E-state index contributed by atoms with van der Waals surface area (Å²) >= 11 is 3.44. The molecule has 15 heavy (non-hydrogen) atoms. The first kappa shape index (κ1) is 10.4. The Morgan fingerprint density at radius 2 is 2.33 bits per heavy atom. The molecular formula is C10H13BrN4. The van der Waals surface area contributed by atoms with Crippen LogP contribution in [-0.2, 0) is 6.42 Å². The fourth-order valence-electron chi connectivity index (χ4n) is 1.60. The predicted molar refractivity (Wildman–Crippen MR) is 64.9 cm³/mol. The second-order valence-corrected chi connectivity index (χ2v) is 4.09. The van der Waals surface area contributed by atoms with Gasteiger partial charge in [-0.25, -0.2) is 4.98 Å². The summed E-state index contributed by atoms with van der Waals surface area (Å²) in [4.78, 5) is 4.45. The lowest BCUT2D eigenvalue weighted by Gasteiger charge is -2.03. The molecule has 2 heterocycles. The summed E-state index contributed by atoms with van der Waals surface area (Å²) in [6.45, 7) is 0.889. The highest BCUT2D eigenvalue weighted by molar-refractivity contribution is 9.10. The maximum atomic E-state index is 5.92. The van der Waals surface area contributed by atoms with Gasteiger partial charge in [0, 0.05) is 13.0 Å². The molecule has 0 spiro atoms. The van der Waals surface area contributed by atoms with E-state index in [1.165, 1.54) is 0 Å². The van der Waals surface area contributed by atoms with E-state index >= 15 is 0 Å². The van der Waals surface area contributed by atoms with Crippen LogP contribution in [0.15, 0.2) is 22.8 Å². The van der Waals surface area contributed by atoms with Crippen LogP contribution in [0.3, 0.4) is 0 Å². The number of hydrogen-bond donors (Lipinski definition) is 2. The molecule has 0 saturated carbocycles. The van der Waals surface area contributed by atoms with E-state index in [0.29, 0.717) is 0 Å². The molecule has 3 N–H and O–H groups in total. The highest BCUT2D eigenvalue weighted by Crippen LogP contribution is 2.21. The van der Waals surface area contributed by atoms with Crippen molar-refractivity contribution in [2.75, 3.05) is 19.3 Å². The van der Waals surface area contributed by atoms with Gasteiger partial charge in [-0.1, -0.05) is 6.07 Å². The van der Waals surface area contributed by atoms with Gasteiger partial charge in [0.15, 0.2) is 0 Å². The number of halogens is 1.